The van der Waals surface area contributed by atoms with E-state index in [1.54, 1.807) is 4.90 Å². The summed E-state index contributed by atoms with van der Waals surface area (Å²) in [5, 5.41) is 0. The van der Waals surface area contributed by atoms with E-state index >= 15 is 0 Å². The largest absolute Gasteiger partial charge is 1.00 e. The van der Waals surface area contributed by atoms with E-state index in [2.05, 4.69) is 6.58 Å². The zero-order valence-corrected chi connectivity index (χ0v) is 13.4. The van der Waals surface area contributed by atoms with E-state index in [4.69, 9.17) is 4.74 Å². The Morgan fingerprint density at radius 3 is 2.25 bits per heavy atom. The Balaban J connectivity index is 0. The van der Waals surface area contributed by atoms with Gasteiger partial charge < -0.3 is 22.6 Å². The Hall–Kier alpha value is 1.15. The average molecular weight is 263 g/mol. The number of halogens is 3. The summed E-state index contributed by atoms with van der Waals surface area (Å²) in [4.78, 5) is 1.67. The van der Waals surface area contributed by atoms with E-state index in [0.29, 0.717) is 26.3 Å². The molecule has 0 aromatic rings. The van der Waals surface area contributed by atoms with Crippen LogP contribution in [0, 0.1) is 0 Å². The molecule has 90 valence electrons. The number of rotatable bonds is 8. The zero-order chi connectivity index (χ0) is 11.9. The van der Waals surface area contributed by atoms with E-state index in [1.807, 2.05) is 13.8 Å². The van der Waals surface area contributed by atoms with Crippen molar-refractivity contribution < 1.29 is 69.1 Å². The molecule has 0 aliphatic rings. The van der Waals surface area contributed by atoms with Crippen LogP contribution in [0.4, 0.5) is 12.9 Å². The summed E-state index contributed by atoms with van der Waals surface area (Å²) in [6.45, 7) is 3.83. The fourth-order valence-corrected chi connectivity index (χ4v) is 1.08. The predicted molar refractivity (Wildman–Crippen MR) is 56.8 cm³/mol. The van der Waals surface area contributed by atoms with Gasteiger partial charge in [-0.3, -0.25) is 0 Å². The van der Waals surface area contributed by atoms with Crippen LogP contribution < -0.4 is 51.4 Å². The first-order chi connectivity index (χ1) is 6.91. The van der Waals surface area contributed by atoms with Crippen molar-refractivity contribution in [1.82, 2.24) is 4.90 Å². The maximum absolute atomic E-state index is 12.2. The molecule has 0 amide bonds. The predicted octanol–water partition coefficient (Wildman–Crippen LogP) is -0.708. The third-order valence-electron chi connectivity index (χ3n) is 2.09. The molecule has 16 heavy (non-hydrogen) atoms. The quantitative estimate of drug-likeness (QED) is 0.424. The maximum Gasteiger partial charge on any atom is 1.00 e. The second-order valence-corrected chi connectivity index (χ2v) is 3.30. The van der Waals surface area contributed by atoms with Crippen LogP contribution in [0.5, 0.6) is 0 Å². The Morgan fingerprint density at radius 2 is 1.88 bits per heavy atom. The third kappa shape index (κ3) is 9.21. The standard InChI is InChI=1S/C9H18BF3NO.K/c1-4-14(6-7-15-5-2)8-9(3)10(11,12)13;/h3-8H2,1-2H3;/q-1;+1. The number of ether oxygens (including phenoxy) is 1. The van der Waals surface area contributed by atoms with Gasteiger partial charge in [0.2, 0.25) is 0 Å². The minimum atomic E-state index is -4.91. The minimum absolute atomic E-state index is 0. The molecule has 0 spiro atoms. The first-order valence-electron chi connectivity index (χ1n) is 5.09. The van der Waals surface area contributed by atoms with Crippen LogP contribution in [-0.2, 0) is 4.74 Å². The van der Waals surface area contributed by atoms with Gasteiger partial charge in [-0.05, 0) is 20.0 Å². The first-order valence-corrected chi connectivity index (χ1v) is 5.09. The molecule has 0 aliphatic heterocycles. The first kappa shape index (κ1) is 19.5. The van der Waals surface area contributed by atoms with Crippen molar-refractivity contribution in [3.63, 3.8) is 0 Å². The van der Waals surface area contributed by atoms with Crippen LogP contribution in [0.15, 0.2) is 12.1 Å². The van der Waals surface area contributed by atoms with E-state index in [0.717, 1.165) is 0 Å². The van der Waals surface area contributed by atoms with E-state index in [9.17, 15) is 12.9 Å². The zero-order valence-electron chi connectivity index (χ0n) is 10.3. The molecule has 0 heterocycles. The van der Waals surface area contributed by atoms with Crippen LogP contribution in [0.3, 0.4) is 0 Å². The summed E-state index contributed by atoms with van der Waals surface area (Å²) >= 11 is 0. The van der Waals surface area contributed by atoms with Gasteiger partial charge in [0.1, 0.15) is 0 Å². The SMILES string of the molecule is C=C(CN(CC)CCOCC)[B-](F)(F)F.[K+]. The van der Waals surface area contributed by atoms with E-state index in [-0.39, 0.29) is 57.9 Å². The topological polar surface area (TPSA) is 12.5 Å². The monoisotopic (exact) mass is 263 g/mol. The Labute approximate surface area is 138 Å². The van der Waals surface area contributed by atoms with Crippen molar-refractivity contribution in [3.05, 3.63) is 12.1 Å². The van der Waals surface area contributed by atoms with Gasteiger partial charge in [-0.2, -0.15) is 0 Å². The van der Waals surface area contributed by atoms with Gasteiger partial charge in [0.05, 0.1) is 6.61 Å². The molecule has 0 bridgehead atoms. The minimum Gasteiger partial charge on any atom is -0.445 e. The molecule has 0 radical (unpaired) electrons. The van der Waals surface area contributed by atoms with Crippen molar-refractivity contribution >= 4 is 6.98 Å². The van der Waals surface area contributed by atoms with Gasteiger partial charge in [-0.1, -0.05) is 6.92 Å². The number of nitrogens with zero attached hydrogens (tertiary/aromatic N) is 1. The molecule has 7 heteroatoms. The van der Waals surface area contributed by atoms with Crippen molar-refractivity contribution in [3.8, 4) is 0 Å². The van der Waals surface area contributed by atoms with Gasteiger partial charge in [-0.25, -0.2) is 0 Å². The normalized spacial score (nSPS) is 11.4. The van der Waals surface area contributed by atoms with Crippen LogP contribution in [0.1, 0.15) is 13.8 Å². The molecule has 0 aromatic carbocycles. The van der Waals surface area contributed by atoms with Crippen LogP contribution in [0.2, 0.25) is 0 Å². The number of hydrogen-bond donors (Lipinski definition) is 0. The third-order valence-corrected chi connectivity index (χ3v) is 2.09. The Kier molecular flexibility index (Phi) is 12.3. The molecule has 0 aromatic heterocycles. The van der Waals surface area contributed by atoms with Crippen molar-refractivity contribution in [1.29, 1.82) is 0 Å². The van der Waals surface area contributed by atoms with Crippen LogP contribution in [0.25, 0.3) is 0 Å². The van der Waals surface area contributed by atoms with Crippen LogP contribution in [-0.4, -0.2) is 44.7 Å². The Bertz CT molecular complexity index is 202. The van der Waals surface area contributed by atoms with Gasteiger partial charge in [0.25, 0.3) is 0 Å². The number of likely N-dealkylation sites (N-methyl/N-ethyl adjacent to an activating group) is 1. The molecule has 0 unspecified atom stereocenters. The molecule has 0 atom stereocenters. The molecule has 0 saturated carbocycles. The second-order valence-electron chi connectivity index (χ2n) is 3.30. The fourth-order valence-electron chi connectivity index (χ4n) is 1.08. The molecule has 0 aliphatic carbocycles. The summed E-state index contributed by atoms with van der Waals surface area (Å²) in [5.41, 5.74) is -0.645. The van der Waals surface area contributed by atoms with Gasteiger partial charge in [0, 0.05) is 13.2 Å². The van der Waals surface area contributed by atoms with Crippen molar-refractivity contribution in [2.75, 3.05) is 32.8 Å². The summed E-state index contributed by atoms with van der Waals surface area (Å²) in [6.07, 6.45) is 0. The fraction of sp³-hybridized carbons (Fsp3) is 0.778. The summed E-state index contributed by atoms with van der Waals surface area (Å²) < 4.78 is 41.8. The molecular weight excluding hydrogens is 245 g/mol. The molecule has 0 saturated heterocycles. The van der Waals surface area contributed by atoms with Crippen LogP contribution >= 0.6 is 0 Å². The molecule has 2 nitrogen and oxygen atoms in total. The number of hydrogen-bond acceptors (Lipinski definition) is 2. The molecule has 0 rings (SSSR count). The van der Waals surface area contributed by atoms with Crippen molar-refractivity contribution in [2.24, 2.45) is 0 Å². The maximum atomic E-state index is 12.2. The molecular formula is C9H18BF3KNO. The average Bonchev–Trinajstić information content (AvgIpc) is 2.14. The van der Waals surface area contributed by atoms with E-state index < -0.39 is 12.4 Å². The molecule has 0 fully saturated rings. The molecule has 0 N–H and O–H groups in total. The van der Waals surface area contributed by atoms with Gasteiger partial charge in [0.15, 0.2) is 0 Å². The van der Waals surface area contributed by atoms with E-state index in [1.165, 1.54) is 0 Å². The van der Waals surface area contributed by atoms with Crippen molar-refractivity contribution in [2.45, 2.75) is 13.8 Å². The summed E-state index contributed by atoms with van der Waals surface area (Å²) in [7, 11) is 0. The smallest absolute Gasteiger partial charge is 0.445 e. The van der Waals surface area contributed by atoms with Gasteiger partial charge >= 0.3 is 58.4 Å². The summed E-state index contributed by atoms with van der Waals surface area (Å²) in [5.74, 6) is 0. The Morgan fingerprint density at radius 1 is 1.31 bits per heavy atom. The second kappa shape index (κ2) is 10.1. The summed E-state index contributed by atoms with van der Waals surface area (Å²) in [6, 6.07) is 0. The van der Waals surface area contributed by atoms with Gasteiger partial charge in [-0.15, -0.1) is 12.1 Å².